The number of carbonyl (C=O) groups is 3. The molecule has 0 aromatic heterocycles. The Morgan fingerprint density at radius 2 is 1.35 bits per heavy atom. The average molecular weight is 499 g/mol. The van der Waals surface area contributed by atoms with Crippen molar-refractivity contribution in [3.8, 4) is 11.1 Å². The lowest BCUT2D eigenvalue weighted by Crippen LogP contribution is -2.33. The van der Waals surface area contributed by atoms with Crippen LogP contribution in [-0.4, -0.2) is 22.8 Å². The summed E-state index contributed by atoms with van der Waals surface area (Å²) in [5.41, 5.74) is 3.37. The topological polar surface area (TPSA) is 80.7 Å². The summed E-state index contributed by atoms with van der Waals surface area (Å²) in [5.74, 6) is -1.62. The fraction of sp³-hybridized carbons (Fsp3) is 0.344. The number of Topliss-reactive ketones (excluding diaryl/α,β-unsaturated/α-hetero) is 1. The van der Waals surface area contributed by atoms with Gasteiger partial charge >= 0.3 is 11.9 Å². The summed E-state index contributed by atoms with van der Waals surface area (Å²) >= 11 is 0. The first kappa shape index (κ1) is 26.3. The largest absolute Gasteiger partial charge is 0.481 e. The zero-order chi connectivity index (χ0) is 26.1. The fourth-order valence-corrected chi connectivity index (χ4v) is 5.41. The van der Waals surface area contributed by atoms with Gasteiger partial charge in [0, 0.05) is 18.3 Å². The molecule has 0 bridgehead atoms. The van der Waals surface area contributed by atoms with E-state index in [9.17, 15) is 19.5 Å². The van der Waals surface area contributed by atoms with Crippen LogP contribution in [0.25, 0.3) is 11.1 Å². The molecule has 37 heavy (non-hydrogen) atoms. The third-order valence-corrected chi connectivity index (χ3v) is 7.40. The van der Waals surface area contributed by atoms with Gasteiger partial charge in [0.1, 0.15) is 12.4 Å². The van der Waals surface area contributed by atoms with Gasteiger partial charge in [-0.15, -0.1) is 0 Å². The molecule has 0 radical (unpaired) electrons. The Morgan fingerprint density at radius 3 is 1.97 bits per heavy atom. The summed E-state index contributed by atoms with van der Waals surface area (Å²) < 4.78 is 5.49. The quantitative estimate of drug-likeness (QED) is 0.283. The highest BCUT2D eigenvalue weighted by molar-refractivity contribution is 5.89. The molecule has 0 heterocycles. The second-order valence-electron chi connectivity index (χ2n) is 10.2. The highest BCUT2D eigenvalue weighted by Gasteiger charge is 2.43. The summed E-state index contributed by atoms with van der Waals surface area (Å²) in [4.78, 5) is 37.9. The molecule has 192 valence electrons. The predicted molar refractivity (Wildman–Crippen MR) is 143 cm³/mol. The number of carboxylic acid groups (broad SMARTS) is 1. The Bertz CT molecular complexity index is 1180. The Morgan fingerprint density at radius 1 is 0.757 bits per heavy atom. The Balaban J connectivity index is 1.41. The van der Waals surface area contributed by atoms with E-state index in [0.29, 0.717) is 19.3 Å². The average Bonchev–Trinajstić information content (AvgIpc) is 3.38. The summed E-state index contributed by atoms with van der Waals surface area (Å²) in [6.45, 7) is 0.185. The molecule has 0 aliphatic heterocycles. The van der Waals surface area contributed by atoms with E-state index in [1.54, 1.807) is 0 Å². The van der Waals surface area contributed by atoms with Crippen LogP contribution in [0.2, 0.25) is 0 Å². The van der Waals surface area contributed by atoms with Crippen molar-refractivity contribution in [2.24, 2.45) is 11.3 Å². The molecule has 1 unspecified atom stereocenters. The number of ketones is 1. The van der Waals surface area contributed by atoms with E-state index >= 15 is 0 Å². The van der Waals surface area contributed by atoms with Gasteiger partial charge in [-0.05, 0) is 47.4 Å². The Labute approximate surface area is 218 Å². The summed E-state index contributed by atoms with van der Waals surface area (Å²) in [5, 5.41) is 9.54. The molecule has 0 amide bonds. The maximum atomic E-state index is 13.6. The van der Waals surface area contributed by atoms with Crippen molar-refractivity contribution in [2.75, 3.05) is 0 Å². The van der Waals surface area contributed by atoms with Crippen LogP contribution >= 0.6 is 0 Å². The SMILES string of the molecule is O=C(O)CC(CC(=O)C1(CC(=O)OCc2ccccc2)CCCC1)Cc1ccc(-c2ccccc2)cc1. The van der Waals surface area contributed by atoms with E-state index in [1.807, 2.05) is 84.9 Å². The lowest BCUT2D eigenvalue weighted by atomic mass is 9.74. The zero-order valence-electron chi connectivity index (χ0n) is 21.1. The van der Waals surface area contributed by atoms with Gasteiger partial charge in [0.15, 0.2) is 0 Å². The van der Waals surface area contributed by atoms with Gasteiger partial charge < -0.3 is 9.84 Å². The molecule has 1 aliphatic rings. The normalized spacial score (nSPS) is 15.1. The molecule has 1 aliphatic carbocycles. The van der Waals surface area contributed by atoms with Gasteiger partial charge in [0.25, 0.3) is 0 Å². The van der Waals surface area contributed by atoms with Crippen molar-refractivity contribution in [1.82, 2.24) is 0 Å². The number of ether oxygens (including phenoxy) is 1. The van der Waals surface area contributed by atoms with E-state index in [2.05, 4.69) is 0 Å². The second-order valence-corrected chi connectivity index (χ2v) is 10.2. The third kappa shape index (κ3) is 7.39. The van der Waals surface area contributed by atoms with E-state index in [0.717, 1.165) is 35.1 Å². The summed E-state index contributed by atoms with van der Waals surface area (Å²) in [7, 11) is 0. The van der Waals surface area contributed by atoms with Crippen molar-refractivity contribution in [3.63, 3.8) is 0 Å². The molecule has 5 nitrogen and oxygen atoms in total. The minimum absolute atomic E-state index is 0.00573. The minimum Gasteiger partial charge on any atom is -0.481 e. The van der Waals surface area contributed by atoms with Crippen LogP contribution in [-0.2, 0) is 32.1 Å². The molecule has 3 aromatic rings. The van der Waals surface area contributed by atoms with Gasteiger partial charge in [-0.1, -0.05) is 97.8 Å². The van der Waals surface area contributed by atoms with Gasteiger partial charge in [-0.3, -0.25) is 14.4 Å². The first-order chi connectivity index (χ1) is 17.9. The molecular formula is C32H34O5. The first-order valence-electron chi connectivity index (χ1n) is 13.0. The van der Waals surface area contributed by atoms with Crippen LogP contribution in [0.15, 0.2) is 84.9 Å². The monoisotopic (exact) mass is 498 g/mol. The smallest absolute Gasteiger partial charge is 0.307 e. The molecule has 1 N–H and O–H groups in total. The van der Waals surface area contributed by atoms with Crippen molar-refractivity contribution >= 4 is 17.7 Å². The van der Waals surface area contributed by atoms with Gasteiger partial charge in [0.05, 0.1) is 6.42 Å². The Kier molecular flexibility index (Phi) is 8.89. The van der Waals surface area contributed by atoms with E-state index < -0.39 is 11.4 Å². The zero-order valence-corrected chi connectivity index (χ0v) is 21.1. The standard InChI is InChI=1S/C32H34O5/c33-29(32(17-7-8-18-32)22-31(36)37-23-25-9-3-1-4-10-25)20-26(21-30(34)35)19-24-13-15-28(16-14-24)27-11-5-2-6-12-27/h1-6,9-16,26H,7-8,17-23H2,(H,34,35). The van der Waals surface area contributed by atoms with Gasteiger partial charge in [0.2, 0.25) is 0 Å². The lowest BCUT2D eigenvalue weighted by molar-refractivity contribution is -0.151. The number of benzene rings is 3. The minimum atomic E-state index is -0.915. The second kappa shape index (κ2) is 12.5. The number of hydrogen-bond acceptors (Lipinski definition) is 4. The van der Waals surface area contributed by atoms with Crippen molar-refractivity contribution in [3.05, 3.63) is 96.1 Å². The van der Waals surface area contributed by atoms with Crippen LogP contribution in [0.4, 0.5) is 0 Å². The van der Waals surface area contributed by atoms with E-state index in [4.69, 9.17) is 4.74 Å². The molecular weight excluding hydrogens is 464 g/mol. The fourth-order valence-electron chi connectivity index (χ4n) is 5.41. The number of hydrogen-bond donors (Lipinski definition) is 1. The van der Waals surface area contributed by atoms with Crippen LogP contribution < -0.4 is 0 Å². The summed E-state index contributed by atoms with van der Waals surface area (Å²) in [6, 6.07) is 27.6. The highest BCUT2D eigenvalue weighted by atomic mass is 16.5. The van der Waals surface area contributed by atoms with Crippen molar-refractivity contribution < 1.29 is 24.2 Å². The molecule has 0 saturated heterocycles. The maximum Gasteiger partial charge on any atom is 0.307 e. The molecule has 1 saturated carbocycles. The lowest BCUT2D eigenvalue weighted by Gasteiger charge is -2.28. The number of esters is 1. The van der Waals surface area contributed by atoms with Crippen LogP contribution in [0.3, 0.4) is 0 Å². The molecule has 1 atom stereocenters. The Hall–Kier alpha value is -3.73. The van der Waals surface area contributed by atoms with Gasteiger partial charge in [-0.25, -0.2) is 0 Å². The molecule has 5 heteroatoms. The number of aliphatic carboxylic acids is 1. The summed E-state index contributed by atoms with van der Waals surface area (Å²) in [6.07, 6.45) is 3.71. The van der Waals surface area contributed by atoms with Crippen molar-refractivity contribution in [1.29, 1.82) is 0 Å². The molecule has 1 fully saturated rings. The predicted octanol–water partition coefficient (Wildman–Crippen LogP) is 6.64. The van der Waals surface area contributed by atoms with Crippen LogP contribution in [0, 0.1) is 11.3 Å². The van der Waals surface area contributed by atoms with E-state index in [-0.39, 0.29) is 43.5 Å². The third-order valence-electron chi connectivity index (χ3n) is 7.40. The van der Waals surface area contributed by atoms with Crippen LogP contribution in [0.5, 0.6) is 0 Å². The van der Waals surface area contributed by atoms with Crippen molar-refractivity contribution in [2.45, 2.75) is 58.0 Å². The van der Waals surface area contributed by atoms with Crippen LogP contribution in [0.1, 0.15) is 56.1 Å². The molecule has 0 spiro atoms. The first-order valence-corrected chi connectivity index (χ1v) is 13.0. The number of carbonyl (C=O) groups excluding carboxylic acids is 2. The maximum absolute atomic E-state index is 13.6. The number of carboxylic acids is 1. The molecule has 3 aromatic carbocycles. The number of rotatable bonds is 12. The molecule has 4 rings (SSSR count). The highest BCUT2D eigenvalue weighted by Crippen LogP contribution is 2.44. The van der Waals surface area contributed by atoms with E-state index in [1.165, 1.54) is 0 Å². The van der Waals surface area contributed by atoms with Gasteiger partial charge in [-0.2, -0.15) is 0 Å².